The van der Waals surface area contributed by atoms with Crippen molar-refractivity contribution < 1.29 is 21.4 Å². The summed E-state index contributed by atoms with van der Waals surface area (Å²) in [4.78, 5) is 2.07. The van der Waals surface area contributed by atoms with Crippen LogP contribution in [0, 0.1) is 11.6 Å². The molecule has 2 aliphatic heterocycles. The smallest absolute Gasteiger partial charge is 0.264 e. The van der Waals surface area contributed by atoms with Gasteiger partial charge < -0.3 is 15.5 Å². The molecule has 0 radical (unpaired) electrons. The number of aryl methyl sites for hydroxylation is 1. The van der Waals surface area contributed by atoms with Gasteiger partial charge in [-0.25, -0.2) is 8.78 Å². The van der Waals surface area contributed by atoms with Crippen LogP contribution in [0.4, 0.5) is 14.5 Å². The van der Waals surface area contributed by atoms with Gasteiger partial charge in [0.25, 0.3) is 10.1 Å². The quantitative estimate of drug-likeness (QED) is 0.430. The predicted octanol–water partition coefficient (Wildman–Crippen LogP) is 3.46. The third-order valence-corrected chi connectivity index (χ3v) is 5.55. The van der Waals surface area contributed by atoms with E-state index in [4.69, 9.17) is 4.18 Å². The third-order valence-electron chi connectivity index (χ3n) is 4.95. The number of benzene rings is 2. The van der Waals surface area contributed by atoms with E-state index in [0.29, 0.717) is 18.5 Å². The summed E-state index contributed by atoms with van der Waals surface area (Å²) in [6.45, 7) is 0.503. The van der Waals surface area contributed by atoms with Gasteiger partial charge in [-0.3, -0.25) is 4.18 Å². The number of rotatable bonds is 10. The molecule has 0 bridgehead atoms. The molecule has 31 heavy (non-hydrogen) atoms. The Morgan fingerprint density at radius 2 is 1.77 bits per heavy atom. The van der Waals surface area contributed by atoms with Crippen molar-refractivity contribution in [2.45, 2.75) is 25.6 Å². The first kappa shape index (κ1) is 21.3. The minimum atomic E-state index is -3.39. The normalized spacial score (nSPS) is 17.1. The van der Waals surface area contributed by atoms with Crippen molar-refractivity contribution in [3.8, 4) is 0 Å². The zero-order chi connectivity index (χ0) is 22.0. The Labute approximate surface area is 180 Å². The predicted molar refractivity (Wildman–Crippen MR) is 114 cm³/mol. The molecule has 164 valence electrons. The molecule has 0 saturated carbocycles. The van der Waals surface area contributed by atoms with Crippen LogP contribution in [-0.4, -0.2) is 32.3 Å². The zero-order valence-electron chi connectivity index (χ0n) is 16.9. The van der Waals surface area contributed by atoms with Crippen molar-refractivity contribution in [1.82, 2.24) is 10.2 Å². The van der Waals surface area contributed by atoms with E-state index in [1.165, 1.54) is 12.1 Å². The van der Waals surface area contributed by atoms with Crippen LogP contribution in [0.25, 0.3) is 0 Å². The van der Waals surface area contributed by atoms with E-state index in [1.54, 1.807) is 0 Å². The summed E-state index contributed by atoms with van der Waals surface area (Å²) < 4.78 is 53.4. The van der Waals surface area contributed by atoms with Gasteiger partial charge >= 0.3 is 0 Å². The number of hydrogen-bond acceptors (Lipinski definition) is 6. The molecular formula is C22H23F2N3O3S. The number of nitrogens with one attached hydrogen (secondary N) is 2. The second-order valence-electron chi connectivity index (χ2n) is 7.55. The van der Waals surface area contributed by atoms with Gasteiger partial charge in [0.2, 0.25) is 0 Å². The fraction of sp³-hybridized carbons (Fsp3) is 0.273. The van der Waals surface area contributed by atoms with Crippen molar-refractivity contribution >= 4 is 15.8 Å². The van der Waals surface area contributed by atoms with Crippen LogP contribution in [0.3, 0.4) is 0 Å². The molecule has 2 heterocycles. The summed E-state index contributed by atoms with van der Waals surface area (Å²) in [7, 11) is -3.39. The third kappa shape index (κ3) is 5.83. The maximum absolute atomic E-state index is 13.3. The van der Waals surface area contributed by atoms with Crippen LogP contribution in [0.5, 0.6) is 0 Å². The van der Waals surface area contributed by atoms with Gasteiger partial charge in [-0.2, -0.15) is 8.42 Å². The van der Waals surface area contributed by atoms with Gasteiger partial charge in [-0.15, -0.1) is 0 Å². The van der Waals surface area contributed by atoms with E-state index in [-0.39, 0.29) is 12.8 Å². The zero-order valence-corrected chi connectivity index (χ0v) is 17.8. The standard InChI is InChI=1S/C22H23F2N3O3S/c1-31(28,29)30-8-2-3-15-4-6-19(7-5-15)26-22-12-20(21-14-27(21)22)25-13-16-9-17(23)11-18(24)10-16/h4-7,9-12,14,22,25-26H,2-3,8,13H2,1H3. The second-order valence-corrected chi connectivity index (χ2v) is 9.19. The van der Waals surface area contributed by atoms with Crippen LogP contribution < -0.4 is 10.6 Å². The van der Waals surface area contributed by atoms with Gasteiger partial charge in [0.05, 0.1) is 24.3 Å². The van der Waals surface area contributed by atoms with Crippen LogP contribution in [0.1, 0.15) is 17.5 Å². The molecule has 2 N–H and O–H groups in total. The molecule has 1 unspecified atom stereocenters. The summed E-state index contributed by atoms with van der Waals surface area (Å²) in [6.07, 6.45) is 6.39. The van der Waals surface area contributed by atoms with Crippen molar-refractivity contribution in [1.29, 1.82) is 0 Å². The maximum Gasteiger partial charge on any atom is 0.264 e. The van der Waals surface area contributed by atoms with E-state index in [9.17, 15) is 17.2 Å². The van der Waals surface area contributed by atoms with E-state index in [2.05, 4.69) is 15.5 Å². The van der Waals surface area contributed by atoms with Crippen molar-refractivity contribution in [2.24, 2.45) is 0 Å². The molecule has 0 aliphatic carbocycles. The van der Waals surface area contributed by atoms with Gasteiger partial charge in [0.1, 0.15) is 17.8 Å². The minimum Gasteiger partial charge on any atom is -0.379 e. The molecule has 0 aromatic heterocycles. The molecule has 6 nitrogen and oxygen atoms in total. The van der Waals surface area contributed by atoms with E-state index >= 15 is 0 Å². The molecule has 2 aliphatic rings. The Bertz CT molecular complexity index is 1110. The largest absolute Gasteiger partial charge is 0.379 e. The Morgan fingerprint density at radius 1 is 1.06 bits per heavy atom. The molecule has 0 spiro atoms. The fourth-order valence-corrected chi connectivity index (χ4v) is 3.88. The van der Waals surface area contributed by atoms with Crippen LogP contribution in [-0.2, 0) is 27.3 Å². The molecule has 2 aromatic rings. The number of fused-ring (bicyclic) bond motifs is 1. The van der Waals surface area contributed by atoms with Gasteiger partial charge in [-0.1, -0.05) is 12.1 Å². The van der Waals surface area contributed by atoms with E-state index in [1.807, 2.05) is 36.5 Å². The molecule has 0 amide bonds. The molecule has 0 fully saturated rings. The first-order chi connectivity index (χ1) is 14.8. The first-order valence-corrected chi connectivity index (χ1v) is 11.7. The summed E-state index contributed by atoms with van der Waals surface area (Å²) in [5.74, 6) is -1.18. The lowest BCUT2D eigenvalue weighted by molar-refractivity contribution is 0.316. The average Bonchev–Trinajstić information content (AvgIpc) is 3.41. The van der Waals surface area contributed by atoms with Crippen LogP contribution in [0.2, 0.25) is 0 Å². The highest BCUT2D eigenvalue weighted by molar-refractivity contribution is 7.85. The van der Waals surface area contributed by atoms with Crippen LogP contribution in [0.15, 0.2) is 66.1 Å². The van der Waals surface area contributed by atoms with Crippen LogP contribution >= 0.6 is 0 Å². The Balaban J connectivity index is 1.27. The Kier molecular flexibility index (Phi) is 5.97. The molecule has 2 aromatic carbocycles. The minimum absolute atomic E-state index is 0.0317. The topological polar surface area (TPSA) is 70.4 Å². The number of nitrogens with zero attached hydrogens (tertiary/aromatic N) is 1. The highest BCUT2D eigenvalue weighted by Crippen LogP contribution is 2.37. The van der Waals surface area contributed by atoms with Crippen molar-refractivity contribution in [2.75, 3.05) is 18.2 Å². The average molecular weight is 448 g/mol. The van der Waals surface area contributed by atoms with Crippen molar-refractivity contribution in [3.05, 3.63) is 88.9 Å². The van der Waals surface area contributed by atoms with Gasteiger partial charge in [-0.05, 0) is 54.3 Å². The lowest BCUT2D eigenvalue weighted by Crippen LogP contribution is -2.23. The number of anilines is 1. The highest BCUT2D eigenvalue weighted by atomic mass is 32.2. The number of hydrogen-bond donors (Lipinski definition) is 2. The fourth-order valence-electron chi connectivity index (χ4n) is 3.46. The summed E-state index contributed by atoms with van der Waals surface area (Å²) >= 11 is 0. The molecule has 9 heteroatoms. The highest BCUT2D eigenvalue weighted by Gasteiger charge is 2.37. The lowest BCUT2D eigenvalue weighted by atomic mass is 10.1. The number of halogens is 2. The SMILES string of the molecule is CS(=O)(=O)OCCCc1ccc(NC2C=C(NCc3cc(F)cc(F)c3)C3=CN32)cc1. The lowest BCUT2D eigenvalue weighted by Gasteiger charge is -2.16. The van der Waals surface area contributed by atoms with Crippen molar-refractivity contribution in [3.63, 3.8) is 0 Å². The van der Waals surface area contributed by atoms with E-state index in [0.717, 1.165) is 41.4 Å². The van der Waals surface area contributed by atoms with E-state index < -0.39 is 21.8 Å². The molecule has 4 rings (SSSR count). The first-order valence-electron chi connectivity index (χ1n) is 9.88. The van der Waals surface area contributed by atoms with Gasteiger partial charge in [0.15, 0.2) is 0 Å². The Hall–Kier alpha value is -2.91. The molecular weight excluding hydrogens is 424 g/mol. The second kappa shape index (κ2) is 8.68. The maximum atomic E-state index is 13.3. The monoisotopic (exact) mass is 447 g/mol. The summed E-state index contributed by atoms with van der Waals surface area (Å²) in [6, 6.07) is 11.4. The van der Waals surface area contributed by atoms with Gasteiger partial charge in [0, 0.05) is 24.5 Å². The summed E-state index contributed by atoms with van der Waals surface area (Å²) in [5, 5.41) is 6.66. The Morgan fingerprint density at radius 3 is 2.45 bits per heavy atom. The molecule has 0 saturated heterocycles. The summed E-state index contributed by atoms with van der Waals surface area (Å²) in [5.41, 5.74) is 4.56. The molecule has 1 atom stereocenters.